The highest BCUT2D eigenvalue weighted by Crippen LogP contribution is 2.19. The van der Waals surface area contributed by atoms with E-state index in [1.807, 2.05) is 6.07 Å². The summed E-state index contributed by atoms with van der Waals surface area (Å²) >= 11 is 5.99. The third-order valence-corrected chi connectivity index (χ3v) is 3.56. The summed E-state index contributed by atoms with van der Waals surface area (Å²) < 4.78 is 1.64. The number of urea groups is 1. The van der Waals surface area contributed by atoms with E-state index in [0.717, 1.165) is 0 Å². The summed E-state index contributed by atoms with van der Waals surface area (Å²) in [6, 6.07) is 10.3. The van der Waals surface area contributed by atoms with E-state index in [1.165, 1.54) is 6.33 Å². The van der Waals surface area contributed by atoms with Gasteiger partial charge in [-0.1, -0.05) is 23.7 Å². The van der Waals surface area contributed by atoms with Crippen molar-refractivity contribution in [3.8, 4) is 5.82 Å². The van der Waals surface area contributed by atoms with Gasteiger partial charge in [-0.05, 0) is 18.2 Å². The maximum absolute atomic E-state index is 11.8. The Kier molecular flexibility index (Phi) is 5.43. The second kappa shape index (κ2) is 8.11. The quantitative estimate of drug-likeness (QED) is 0.589. The van der Waals surface area contributed by atoms with Gasteiger partial charge in [0.1, 0.15) is 12.1 Å². The minimum atomic E-state index is -0.324. The predicted octanol–water partition coefficient (Wildman–Crippen LogP) is 2.55. The lowest BCUT2D eigenvalue weighted by Gasteiger charge is -2.10. The highest BCUT2D eigenvalue weighted by molar-refractivity contribution is 6.33. The number of halogens is 1. The average Bonchev–Trinajstić information content (AvgIpc) is 3.16. The molecule has 0 aliphatic heterocycles. The lowest BCUT2D eigenvalue weighted by Crippen LogP contribution is -2.32. The minimum absolute atomic E-state index is 0.324. The number of aromatic nitrogens is 4. The van der Waals surface area contributed by atoms with E-state index in [-0.39, 0.29) is 6.03 Å². The number of para-hydroxylation sites is 1. The Morgan fingerprint density at radius 2 is 2.04 bits per heavy atom. The second-order valence-corrected chi connectivity index (χ2v) is 5.41. The number of carbonyl (C=O) groups excluding carboxylic acids is 1. The summed E-state index contributed by atoms with van der Waals surface area (Å²) in [6.07, 6.45) is 4.93. The van der Waals surface area contributed by atoms with Gasteiger partial charge >= 0.3 is 6.03 Å². The van der Waals surface area contributed by atoms with Crippen molar-refractivity contribution in [3.05, 3.63) is 60.1 Å². The first kappa shape index (κ1) is 16.7. The molecule has 3 aromatic rings. The molecule has 0 bridgehead atoms. The van der Waals surface area contributed by atoms with Gasteiger partial charge in [0.15, 0.2) is 5.82 Å². The number of rotatable bonds is 6. The maximum Gasteiger partial charge on any atom is 0.319 e. The fourth-order valence-electron chi connectivity index (χ4n) is 2.07. The molecule has 0 saturated carbocycles. The second-order valence-electron chi connectivity index (χ2n) is 5.00. The van der Waals surface area contributed by atoms with Gasteiger partial charge < -0.3 is 16.0 Å². The van der Waals surface area contributed by atoms with Gasteiger partial charge in [-0.2, -0.15) is 5.10 Å². The average molecular weight is 358 g/mol. The van der Waals surface area contributed by atoms with E-state index in [1.54, 1.807) is 47.4 Å². The van der Waals surface area contributed by atoms with Crippen molar-refractivity contribution in [1.82, 2.24) is 25.1 Å². The van der Waals surface area contributed by atoms with E-state index in [0.29, 0.717) is 35.4 Å². The zero-order valence-corrected chi connectivity index (χ0v) is 13.9. The van der Waals surface area contributed by atoms with Crippen LogP contribution in [0.4, 0.5) is 16.3 Å². The lowest BCUT2D eigenvalue weighted by molar-refractivity contribution is 0.252. The molecule has 25 heavy (non-hydrogen) atoms. The highest BCUT2D eigenvalue weighted by Gasteiger charge is 2.04. The smallest absolute Gasteiger partial charge is 0.319 e. The van der Waals surface area contributed by atoms with Crippen molar-refractivity contribution in [2.75, 3.05) is 23.7 Å². The van der Waals surface area contributed by atoms with Crippen LogP contribution >= 0.6 is 11.6 Å². The highest BCUT2D eigenvalue weighted by atomic mass is 35.5. The topological polar surface area (TPSA) is 96.8 Å². The molecule has 0 fully saturated rings. The van der Waals surface area contributed by atoms with Crippen LogP contribution in [-0.4, -0.2) is 38.9 Å². The number of anilines is 2. The van der Waals surface area contributed by atoms with Crippen molar-refractivity contribution in [1.29, 1.82) is 0 Å². The molecular formula is C16H16ClN7O. The minimum Gasteiger partial charge on any atom is -0.368 e. The Morgan fingerprint density at radius 3 is 2.84 bits per heavy atom. The van der Waals surface area contributed by atoms with Crippen molar-refractivity contribution in [2.24, 2.45) is 0 Å². The maximum atomic E-state index is 11.8. The normalized spacial score (nSPS) is 10.3. The van der Waals surface area contributed by atoms with Crippen LogP contribution in [0.25, 0.3) is 5.82 Å². The van der Waals surface area contributed by atoms with E-state index in [9.17, 15) is 4.79 Å². The molecule has 2 aromatic heterocycles. The van der Waals surface area contributed by atoms with Crippen LogP contribution in [0, 0.1) is 0 Å². The van der Waals surface area contributed by atoms with Gasteiger partial charge in [0, 0.05) is 31.5 Å². The summed E-state index contributed by atoms with van der Waals surface area (Å²) in [5.74, 6) is 1.31. The number of nitrogens with one attached hydrogen (secondary N) is 3. The van der Waals surface area contributed by atoms with Crippen molar-refractivity contribution >= 4 is 29.1 Å². The molecule has 9 heteroatoms. The molecule has 0 aliphatic rings. The Balaban J connectivity index is 1.45. The number of benzene rings is 1. The van der Waals surface area contributed by atoms with Crippen LogP contribution in [0.1, 0.15) is 0 Å². The van der Waals surface area contributed by atoms with Gasteiger partial charge in [-0.25, -0.2) is 19.4 Å². The van der Waals surface area contributed by atoms with E-state index >= 15 is 0 Å². The molecule has 0 aliphatic carbocycles. The molecule has 1 aromatic carbocycles. The van der Waals surface area contributed by atoms with Gasteiger partial charge in [0.2, 0.25) is 0 Å². The first-order valence-electron chi connectivity index (χ1n) is 7.58. The standard InChI is InChI=1S/C16H16ClN7O/c17-12-4-1-2-5-13(12)23-16(25)19-8-7-18-14-10-15(21-11-20-14)24-9-3-6-22-24/h1-6,9-11H,7-8H2,(H,18,20,21)(H2,19,23,25). The van der Waals surface area contributed by atoms with Crippen molar-refractivity contribution in [3.63, 3.8) is 0 Å². The van der Waals surface area contributed by atoms with Gasteiger partial charge in [0.25, 0.3) is 0 Å². The Morgan fingerprint density at radius 1 is 1.16 bits per heavy atom. The van der Waals surface area contributed by atoms with Crippen molar-refractivity contribution < 1.29 is 4.79 Å². The first-order valence-corrected chi connectivity index (χ1v) is 7.95. The Labute approximate surface area is 149 Å². The summed E-state index contributed by atoms with van der Waals surface area (Å²) in [5.41, 5.74) is 0.564. The number of amides is 2. The van der Waals surface area contributed by atoms with Crippen LogP contribution in [-0.2, 0) is 0 Å². The molecule has 0 spiro atoms. The van der Waals surface area contributed by atoms with Crippen LogP contribution in [0.3, 0.4) is 0 Å². The summed E-state index contributed by atoms with van der Waals surface area (Å²) in [6.45, 7) is 0.920. The molecular weight excluding hydrogens is 342 g/mol. The largest absolute Gasteiger partial charge is 0.368 e. The lowest BCUT2D eigenvalue weighted by atomic mass is 10.3. The Bertz CT molecular complexity index is 838. The van der Waals surface area contributed by atoms with Gasteiger partial charge in [-0.15, -0.1) is 0 Å². The molecule has 2 amide bonds. The molecule has 3 N–H and O–H groups in total. The summed E-state index contributed by atoms with van der Waals surface area (Å²) in [4.78, 5) is 20.1. The summed E-state index contributed by atoms with van der Waals surface area (Å²) in [7, 11) is 0. The van der Waals surface area contributed by atoms with Gasteiger partial charge in [-0.3, -0.25) is 0 Å². The fraction of sp³-hybridized carbons (Fsp3) is 0.125. The molecule has 0 radical (unpaired) electrons. The Hall–Kier alpha value is -3.13. The first-order chi connectivity index (χ1) is 12.2. The van der Waals surface area contributed by atoms with Crippen LogP contribution in [0.5, 0.6) is 0 Å². The van der Waals surface area contributed by atoms with Crippen LogP contribution in [0.15, 0.2) is 55.1 Å². The predicted molar refractivity (Wildman–Crippen MR) is 96.1 cm³/mol. The molecule has 0 saturated heterocycles. The third kappa shape index (κ3) is 4.67. The van der Waals surface area contributed by atoms with Crippen molar-refractivity contribution in [2.45, 2.75) is 0 Å². The van der Waals surface area contributed by atoms with Crippen LogP contribution in [0.2, 0.25) is 5.02 Å². The SMILES string of the molecule is O=C(NCCNc1cc(-n2cccn2)ncn1)Nc1ccccc1Cl. The monoisotopic (exact) mass is 357 g/mol. The van der Waals surface area contributed by atoms with E-state index < -0.39 is 0 Å². The summed E-state index contributed by atoms with van der Waals surface area (Å²) in [5, 5.41) is 13.2. The molecule has 0 atom stereocenters. The number of hydrogen-bond acceptors (Lipinski definition) is 5. The van der Waals surface area contributed by atoms with E-state index in [4.69, 9.17) is 11.6 Å². The fourth-order valence-corrected chi connectivity index (χ4v) is 2.25. The molecule has 3 rings (SSSR count). The number of nitrogens with zero attached hydrogens (tertiary/aromatic N) is 4. The van der Waals surface area contributed by atoms with E-state index in [2.05, 4.69) is 31.0 Å². The third-order valence-electron chi connectivity index (χ3n) is 3.23. The molecule has 2 heterocycles. The molecule has 128 valence electrons. The molecule has 8 nitrogen and oxygen atoms in total. The van der Waals surface area contributed by atoms with Gasteiger partial charge in [0.05, 0.1) is 10.7 Å². The zero-order valence-electron chi connectivity index (χ0n) is 13.2. The van der Waals surface area contributed by atoms with Crippen LogP contribution < -0.4 is 16.0 Å². The molecule has 0 unspecified atom stereocenters. The number of hydrogen-bond donors (Lipinski definition) is 3. The number of carbonyl (C=O) groups is 1. The zero-order chi connectivity index (χ0) is 17.5.